The predicted molar refractivity (Wildman–Crippen MR) is 175 cm³/mol. The number of ether oxygens (including phenoxy) is 1. The summed E-state index contributed by atoms with van der Waals surface area (Å²) in [7, 11) is 0. The number of aryl methyl sites for hydroxylation is 3. The number of rotatable bonds is 15. The first-order valence-electron chi connectivity index (χ1n) is 16.2. The molecule has 0 aliphatic carbocycles. The van der Waals surface area contributed by atoms with Crippen LogP contribution >= 0.6 is 0 Å². The highest BCUT2D eigenvalue weighted by Crippen LogP contribution is 2.28. The number of carbonyl (C=O) groups excluding carboxylic acids is 2. The minimum absolute atomic E-state index is 0.0845. The number of para-hydroxylation sites is 2. The maximum Gasteiger partial charge on any atom is 0.255 e. The van der Waals surface area contributed by atoms with E-state index in [1.54, 1.807) is 0 Å². The zero-order chi connectivity index (χ0) is 30.4. The molecule has 3 aromatic rings. The summed E-state index contributed by atoms with van der Waals surface area (Å²) in [4.78, 5) is 28.0. The largest absolute Gasteiger partial charge is 0.456 e. The molecule has 2 N–H and O–H groups in total. The van der Waals surface area contributed by atoms with Crippen LogP contribution in [0.25, 0.3) is 0 Å². The Labute approximate surface area is 258 Å². The van der Waals surface area contributed by atoms with E-state index in [-0.39, 0.29) is 17.9 Å². The van der Waals surface area contributed by atoms with Crippen molar-refractivity contribution < 1.29 is 14.3 Å². The van der Waals surface area contributed by atoms with Crippen molar-refractivity contribution in [3.8, 4) is 11.5 Å². The van der Waals surface area contributed by atoms with Crippen molar-refractivity contribution in [1.29, 1.82) is 0 Å². The molecule has 0 bridgehead atoms. The molecule has 1 heterocycles. The molecular formula is C37H49N3O3. The Morgan fingerprint density at radius 2 is 1.51 bits per heavy atom. The molecule has 0 saturated carbocycles. The van der Waals surface area contributed by atoms with E-state index < -0.39 is 0 Å². The number of piperidine rings is 1. The molecule has 0 atom stereocenters. The van der Waals surface area contributed by atoms with E-state index in [9.17, 15) is 9.59 Å². The molecular weight excluding hydrogens is 534 g/mol. The van der Waals surface area contributed by atoms with Gasteiger partial charge < -0.3 is 20.3 Å². The fourth-order valence-electron chi connectivity index (χ4n) is 5.97. The van der Waals surface area contributed by atoms with Gasteiger partial charge in [-0.2, -0.15) is 0 Å². The van der Waals surface area contributed by atoms with E-state index >= 15 is 0 Å². The van der Waals surface area contributed by atoms with Gasteiger partial charge in [0.25, 0.3) is 5.91 Å². The SMILES string of the molecule is CCc1cccc(CC)c1CCCC(=O)NCCCCN1CCC(NC(=O)c2ccccc2Oc2ccccc2C)CC1. The van der Waals surface area contributed by atoms with Gasteiger partial charge in [-0.1, -0.05) is 62.4 Å². The number of unbranched alkanes of at least 4 members (excludes halogenated alkanes) is 1. The van der Waals surface area contributed by atoms with Gasteiger partial charge in [-0.05, 0) is 105 Å². The van der Waals surface area contributed by atoms with Crippen LogP contribution in [0.5, 0.6) is 11.5 Å². The molecule has 1 saturated heterocycles. The predicted octanol–water partition coefficient (Wildman–Crippen LogP) is 7.03. The van der Waals surface area contributed by atoms with Crippen LogP contribution in [-0.4, -0.2) is 48.9 Å². The minimum Gasteiger partial charge on any atom is -0.456 e. The van der Waals surface area contributed by atoms with E-state index in [1.165, 1.54) is 16.7 Å². The first kappa shape index (κ1) is 32.3. The van der Waals surface area contributed by atoms with E-state index in [2.05, 4.69) is 47.6 Å². The van der Waals surface area contributed by atoms with Crippen LogP contribution in [-0.2, 0) is 24.1 Å². The van der Waals surface area contributed by atoms with Gasteiger partial charge in [0.2, 0.25) is 5.91 Å². The molecule has 1 aliphatic heterocycles. The lowest BCUT2D eigenvalue weighted by atomic mass is 9.93. The maximum absolute atomic E-state index is 13.1. The third kappa shape index (κ3) is 9.69. The van der Waals surface area contributed by atoms with Crippen molar-refractivity contribution in [2.75, 3.05) is 26.2 Å². The van der Waals surface area contributed by atoms with Crippen molar-refractivity contribution in [3.05, 3.63) is 94.5 Å². The van der Waals surface area contributed by atoms with Crippen molar-refractivity contribution >= 4 is 11.8 Å². The second-order valence-corrected chi connectivity index (χ2v) is 11.6. The molecule has 0 aromatic heterocycles. The highest BCUT2D eigenvalue weighted by Gasteiger charge is 2.22. The Morgan fingerprint density at radius 1 is 0.837 bits per heavy atom. The Kier molecular flexibility index (Phi) is 12.7. The first-order valence-corrected chi connectivity index (χ1v) is 16.2. The average Bonchev–Trinajstić information content (AvgIpc) is 3.03. The van der Waals surface area contributed by atoms with Crippen LogP contribution in [0, 0.1) is 6.92 Å². The quantitative estimate of drug-likeness (QED) is 0.189. The van der Waals surface area contributed by atoms with Gasteiger partial charge in [-0.25, -0.2) is 0 Å². The van der Waals surface area contributed by atoms with E-state index in [0.29, 0.717) is 17.7 Å². The van der Waals surface area contributed by atoms with Crippen LogP contribution in [0.1, 0.15) is 85.0 Å². The van der Waals surface area contributed by atoms with E-state index in [4.69, 9.17) is 4.74 Å². The number of hydrogen-bond acceptors (Lipinski definition) is 4. The molecule has 43 heavy (non-hydrogen) atoms. The molecule has 4 rings (SSSR count). The van der Waals surface area contributed by atoms with Crippen LogP contribution in [0.15, 0.2) is 66.7 Å². The Hall–Kier alpha value is -3.64. The van der Waals surface area contributed by atoms with Gasteiger partial charge in [-0.3, -0.25) is 9.59 Å². The van der Waals surface area contributed by atoms with Crippen molar-refractivity contribution in [2.24, 2.45) is 0 Å². The standard InChI is InChI=1S/C37H49N3O3/c1-4-29-15-12-16-30(5-2)32(29)18-13-21-36(41)38-24-10-11-25-40-26-22-31(23-27-40)39-37(42)33-17-7-9-20-35(33)43-34-19-8-6-14-28(34)3/h6-9,12,14-17,19-20,31H,4-5,10-11,13,18,21-27H2,1-3H3,(H,38,41)(H,39,42). The Balaban J connectivity index is 1.10. The number of benzene rings is 3. The molecule has 1 aliphatic rings. The molecule has 1 fully saturated rings. The minimum atomic E-state index is -0.0845. The van der Waals surface area contributed by atoms with Gasteiger partial charge >= 0.3 is 0 Å². The monoisotopic (exact) mass is 583 g/mol. The van der Waals surface area contributed by atoms with Crippen molar-refractivity contribution in [3.63, 3.8) is 0 Å². The van der Waals surface area contributed by atoms with Gasteiger partial charge in [0.05, 0.1) is 5.56 Å². The Morgan fingerprint density at radius 3 is 2.21 bits per heavy atom. The van der Waals surface area contributed by atoms with E-state index in [0.717, 1.165) is 88.9 Å². The number of likely N-dealkylation sites (tertiary alicyclic amines) is 1. The number of hydrogen-bond donors (Lipinski definition) is 2. The number of carbonyl (C=O) groups is 2. The van der Waals surface area contributed by atoms with Gasteiger partial charge in [-0.15, -0.1) is 0 Å². The molecule has 6 heteroatoms. The molecule has 6 nitrogen and oxygen atoms in total. The number of amides is 2. The van der Waals surface area contributed by atoms with Crippen LogP contribution in [0.3, 0.4) is 0 Å². The number of nitrogens with zero attached hydrogens (tertiary/aromatic N) is 1. The van der Waals surface area contributed by atoms with Crippen molar-refractivity contribution in [2.45, 2.75) is 84.6 Å². The lowest BCUT2D eigenvalue weighted by Crippen LogP contribution is -2.45. The normalized spacial score (nSPS) is 13.9. The Bertz CT molecular complexity index is 1310. The third-order valence-corrected chi connectivity index (χ3v) is 8.55. The highest BCUT2D eigenvalue weighted by molar-refractivity contribution is 5.97. The average molecular weight is 584 g/mol. The highest BCUT2D eigenvalue weighted by atomic mass is 16.5. The molecule has 2 amide bonds. The van der Waals surface area contributed by atoms with E-state index in [1.807, 2.05) is 55.5 Å². The summed E-state index contributed by atoms with van der Waals surface area (Å²) in [5.41, 5.74) is 5.87. The summed E-state index contributed by atoms with van der Waals surface area (Å²) >= 11 is 0. The van der Waals surface area contributed by atoms with Gasteiger partial charge in [0.15, 0.2) is 0 Å². The third-order valence-electron chi connectivity index (χ3n) is 8.55. The zero-order valence-electron chi connectivity index (χ0n) is 26.3. The fraction of sp³-hybridized carbons (Fsp3) is 0.459. The lowest BCUT2D eigenvalue weighted by Gasteiger charge is -2.32. The first-order chi connectivity index (χ1) is 21.0. The topological polar surface area (TPSA) is 70.7 Å². The summed E-state index contributed by atoms with van der Waals surface area (Å²) in [5.74, 6) is 1.41. The second kappa shape index (κ2) is 16.9. The molecule has 0 unspecified atom stereocenters. The summed E-state index contributed by atoms with van der Waals surface area (Å²) in [6, 6.07) is 22.0. The van der Waals surface area contributed by atoms with Crippen molar-refractivity contribution in [1.82, 2.24) is 15.5 Å². The lowest BCUT2D eigenvalue weighted by molar-refractivity contribution is -0.121. The summed E-state index contributed by atoms with van der Waals surface area (Å²) in [6.07, 6.45) is 8.46. The molecule has 0 radical (unpaired) electrons. The summed E-state index contributed by atoms with van der Waals surface area (Å²) in [6.45, 7) is 10.1. The fourth-order valence-corrected chi connectivity index (χ4v) is 5.97. The summed E-state index contributed by atoms with van der Waals surface area (Å²) < 4.78 is 6.11. The number of nitrogens with one attached hydrogen (secondary N) is 2. The van der Waals surface area contributed by atoms with Crippen LogP contribution < -0.4 is 15.4 Å². The zero-order valence-corrected chi connectivity index (χ0v) is 26.3. The molecule has 0 spiro atoms. The molecule has 3 aromatic carbocycles. The van der Waals surface area contributed by atoms with Crippen LogP contribution in [0.4, 0.5) is 0 Å². The van der Waals surface area contributed by atoms with Gasteiger partial charge in [0.1, 0.15) is 11.5 Å². The maximum atomic E-state index is 13.1. The van der Waals surface area contributed by atoms with Gasteiger partial charge in [0, 0.05) is 32.1 Å². The molecule has 230 valence electrons. The summed E-state index contributed by atoms with van der Waals surface area (Å²) in [5, 5.41) is 6.35. The van der Waals surface area contributed by atoms with Crippen LogP contribution in [0.2, 0.25) is 0 Å². The second-order valence-electron chi connectivity index (χ2n) is 11.6. The smallest absolute Gasteiger partial charge is 0.255 e.